The molecular formula is C13H14N4OS. The molecule has 0 aliphatic rings. The molecule has 0 saturated heterocycles. The van der Waals surface area contributed by atoms with E-state index in [4.69, 9.17) is 18.0 Å². The van der Waals surface area contributed by atoms with Gasteiger partial charge in [-0.25, -0.2) is 4.68 Å². The Kier molecular flexibility index (Phi) is 3.62. The normalized spacial score (nSPS) is 10.2. The average molecular weight is 274 g/mol. The van der Waals surface area contributed by atoms with E-state index >= 15 is 0 Å². The Morgan fingerprint density at radius 2 is 1.89 bits per heavy atom. The van der Waals surface area contributed by atoms with Crippen LogP contribution in [-0.2, 0) is 0 Å². The Balaban J connectivity index is 2.28. The summed E-state index contributed by atoms with van der Waals surface area (Å²) in [4.78, 5) is 13.6. The second-order valence-corrected chi connectivity index (χ2v) is 4.70. The molecule has 2 aromatic rings. The number of hydrogen-bond donors (Lipinski definition) is 1. The fourth-order valence-electron chi connectivity index (χ4n) is 1.59. The van der Waals surface area contributed by atoms with Crippen LogP contribution in [0.2, 0.25) is 0 Å². The lowest BCUT2D eigenvalue weighted by atomic mass is 10.2. The summed E-state index contributed by atoms with van der Waals surface area (Å²) in [6.45, 7) is 0. The first-order valence-electron chi connectivity index (χ1n) is 5.66. The number of benzene rings is 1. The summed E-state index contributed by atoms with van der Waals surface area (Å²) in [5.41, 5.74) is 7.59. The molecule has 0 fully saturated rings. The number of nitrogens with zero attached hydrogens (tertiary/aromatic N) is 3. The summed E-state index contributed by atoms with van der Waals surface area (Å²) in [6.07, 6.45) is 1.74. The van der Waals surface area contributed by atoms with Crippen molar-refractivity contribution in [3.05, 3.63) is 47.8 Å². The van der Waals surface area contributed by atoms with E-state index in [2.05, 4.69) is 5.10 Å². The number of thiocarbonyl (C=S) groups is 1. The minimum absolute atomic E-state index is 0.126. The van der Waals surface area contributed by atoms with Crippen molar-refractivity contribution in [2.24, 2.45) is 5.73 Å². The molecule has 1 aromatic carbocycles. The van der Waals surface area contributed by atoms with E-state index in [9.17, 15) is 4.79 Å². The van der Waals surface area contributed by atoms with Crippen molar-refractivity contribution in [2.45, 2.75) is 0 Å². The summed E-state index contributed by atoms with van der Waals surface area (Å²) in [6, 6.07) is 9.04. The van der Waals surface area contributed by atoms with Crippen LogP contribution in [-0.4, -0.2) is 39.7 Å². The predicted octanol–water partition coefficient (Wildman–Crippen LogP) is 1.21. The molecule has 1 amide bonds. The second kappa shape index (κ2) is 5.19. The van der Waals surface area contributed by atoms with Crippen LogP contribution in [0.5, 0.6) is 0 Å². The monoisotopic (exact) mass is 274 g/mol. The molecule has 0 atom stereocenters. The van der Waals surface area contributed by atoms with E-state index in [1.165, 1.54) is 4.90 Å². The van der Waals surface area contributed by atoms with E-state index in [1.807, 2.05) is 24.3 Å². The van der Waals surface area contributed by atoms with E-state index < -0.39 is 0 Å². The first-order valence-corrected chi connectivity index (χ1v) is 6.07. The van der Waals surface area contributed by atoms with Crippen LogP contribution in [0.3, 0.4) is 0 Å². The molecule has 6 heteroatoms. The summed E-state index contributed by atoms with van der Waals surface area (Å²) in [7, 11) is 3.39. The molecule has 0 bridgehead atoms. The number of amides is 1. The largest absolute Gasteiger partial charge is 0.389 e. The SMILES string of the molecule is CN(C)C(=O)c1ccn(-c2ccc(C(N)=S)cc2)n1. The van der Waals surface area contributed by atoms with Crippen molar-refractivity contribution in [3.8, 4) is 5.69 Å². The number of nitrogens with two attached hydrogens (primary N) is 1. The van der Waals surface area contributed by atoms with Crippen molar-refractivity contribution < 1.29 is 4.79 Å². The minimum Gasteiger partial charge on any atom is -0.389 e. The van der Waals surface area contributed by atoms with Gasteiger partial charge in [-0.15, -0.1) is 0 Å². The zero-order chi connectivity index (χ0) is 14.0. The van der Waals surface area contributed by atoms with Gasteiger partial charge in [-0.05, 0) is 30.3 Å². The van der Waals surface area contributed by atoms with Crippen molar-refractivity contribution in [1.82, 2.24) is 14.7 Å². The molecular weight excluding hydrogens is 260 g/mol. The van der Waals surface area contributed by atoms with Crippen LogP contribution in [0, 0.1) is 0 Å². The molecule has 0 saturated carbocycles. The van der Waals surface area contributed by atoms with Crippen LogP contribution in [0.1, 0.15) is 16.1 Å². The summed E-state index contributed by atoms with van der Waals surface area (Å²) in [5, 5.41) is 4.24. The van der Waals surface area contributed by atoms with Crippen molar-refractivity contribution in [2.75, 3.05) is 14.1 Å². The molecule has 0 aliphatic carbocycles. The van der Waals surface area contributed by atoms with Crippen LogP contribution in [0.25, 0.3) is 5.69 Å². The van der Waals surface area contributed by atoms with Crippen LogP contribution < -0.4 is 5.73 Å². The molecule has 1 aromatic heterocycles. The molecule has 2 N–H and O–H groups in total. The topological polar surface area (TPSA) is 64.2 Å². The highest BCUT2D eigenvalue weighted by atomic mass is 32.1. The van der Waals surface area contributed by atoms with Gasteiger partial charge in [0.25, 0.3) is 5.91 Å². The fraction of sp³-hybridized carbons (Fsp3) is 0.154. The number of hydrogen-bond acceptors (Lipinski definition) is 3. The van der Waals surface area contributed by atoms with Crippen LogP contribution >= 0.6 is 12.2 Å². The van der Waals surface area contributed by atoms with Gasteiger partial charge in [-0.2, -0.15) is 5.10 Å². The standard InChI is InChI=1S/C13H14N4OS/c1-16(2)13(18)11-7-8-17(15-11)10-5-3-9(4-6-10)12(14)19/h3-8H,1-2H3,(H2,14,19). The molecule has 98 valence electrons. The van der Waals surface area contributed by atoms with E-state index in [0.29, 0.717) is 10.7 Å². The van der Waals surface area contributed by atoms with Crippen molar-refractivity contribution in [3.63, 3.8) is 0 Å². The van der Waals surface area contributed by atoms with Gasteiger partial charge in [0.1, 0.15) is 4.99 Å². The maximum absolute atomic E-state index is 11.7. The Morgan fingerprint density at radius 1 is 1.26 bits per heavy atom. The summed E-state index contributed by atoms with van der Waals surface area (Å²) < 4.78 is 1.64. The van der Waals surface area contributed by atoms with E-state index in [1.54, 1.807) is 31.0 Å². The second-order valence-electron chi connectivity index (χ2n) is 4.26. The maximum Gasteiger partial charge on any atom is 0.273 e. The Bertz CT molecular complexity index is 616. The van der Waals surface area contributed by atoms with Gasteiger partial charge >= 0.3 is 0 Å². The van der Waals surface area contributed by atoms with Crippen molar-refractivity contribution in [1.29, 1.82) is 0 Å². The smallest absolute Gasteiger partial charge is 0.273 e. The average Bonchev–Trinajstić information content (AvgIpc) is 2.87. The van der Waals surface area contributed by atoms with Gasteiger partial charge in [0.15, 0.2) is 5.69 Å². The molecule has 0 aliphatic heterocycles. The minimum atomic E-state index is -0.126. The van der Waals surface area contributed by atoms with E-state index in [0.717, 1.165) is 11.3 Å². The van der Waals surface area contributed by atoms with Gasteiger partial charge < -0.3 is 10.6 Å². The Labute approximate surface area is 116 Å². The highest BCUT2D eigenvalue weighted by Crippen LogP contribution is 2.10. The van der Waals surface area contributed by atoms with Gasteiger partial charge in [-0.3, -0.25) is 4.79 Å². The lowest BCUT2D eigenvalue weighted by Crippen LogP contribution is -2.22. The molecule has 2 rings (SSSR count). The Morgan fingerprint density at radius 3 is 2.42 bits per heavy atom. The van der Waals surface area contributed by atoms with Crippen molar-refractivity contribution >= 4 is 23.1 Å². The van der Waals surface area contributed by atoms with Crippen LogP contribution in [0.4, 0.5) is 0 Å². The lowest BCUT2D eigenvalue weighted by molar-refractivity contribution is 0.0821. The van der Waals surface area contributed by atoms with E-state index in [-0.39, 0.29) is 5.91 Å². The first-order chi connectivity index (χ1) is 8.99. The fourth-order valence-corrected chi connectivity index (χ4v) is 1.73. The lowest BCUT2D eigenvalue weighted by Gasteiger charge is -2.07. The number of rotatable bonds is 3. The molecule has 5 nitrogen and oxygen atoms in total. The highest BCUT2D eigenvalue weighted by molar-refractivity contribution is 7.80. The quantitative estimate of drug-likeness (QED) is 0.854. The van der Waals surface area contributed by atoms with Gasteiger partial charge in [0.05, 0.1) is 5.69 Å². The first kappa shape index (κ1) is 13.2. The zero-order valence-electron chi connectivity index (χ0n) is 10.7. The number of carbonyl (C=O) groups is 1. The highest BCUT2D eigenvalue weighted by Gasteiger charge is 2.11. The molecule has 0 spiro atoms. The number of carbonyl (C=O) groups excluding carboxylic acids is 1. The predicted molar refractivity (Wildman–Crippen MR) is 77.5 cm³/mol. The number of aromatic nitrogens is 2. The van der Waals surface area contributed by atoms with Crippen LogP contribution in [0.15, 0.2) is 36.5 Å². The molecule has 1 heterocycles. The maximum atomic E-state index is 11.7. The summed E-state index contributed by atoms with van der Waals surface area (Å²) in [5.74, 6) is -0.126. The third-order valence-corrected chi connectivity index (χ3v) is 2.87. The van der Waals surface area contributed by atoms with Gasteiger partial charge in [0.2, 0.25) is 0 Å². The third kappa shape index (κ3) is 2.79. The summed E-state index contributed by atoms with van der Waals surface area (Å²) >= 11 is 4.89. The zero-order valence-corrected chi connectivity index (χ0v) is 11.5. The van der Waals surface area contributed by atoms with Gasteiger partial charge in [-0.1, -0.05) is 12.2 Å². The Hall–Kier alpha value is -2.21. The molecule has 19 heavy (non-hydrogen) atoms. The molecule has 0 unspecified atom stereocenters. The molecule has 0 radical (unpaired) electrons. The third-order valence-electron chi connectivity index (χ3n) is 2.63. The van der Waals surface area contributed by atoms with Gasteiger partial charge in [0, 0.05) is 25.9 Å².